The second-order valence-corrected chi connectivity index (χ2v) is 7.83. The van der Waals surface area contributed by atoms with Crippen LogP contribution < -0.4 is 5.32 Å². The molecule has 0 amide bonds. The van der Waals surface area contributed by atoms with Crippen LogP contribution in [-0.2, 0) is 4.79 Å². The lowest BCUT2D eigenvalue weighted by atomic mass is 9.85. The van der Waals surface area contributed by atoms with E-state index in [1.54, 1.807) is 4.68 Å². The van der Waals surface area contributed by atoms with Gasteiger partial charge < -0.3 is 5.32 Å². The average Bonchev–Trinajstić information content (AvgIpc) is 3.11. The highest BCUT2D eigenvalue weighted by molar-refractivity contribution is 6.30. The number of carbonyl (C=O) groups excluding carboxylic acids is 1. The molecule has 5 rings (SSSR count). The zero-order valence-electron chi connectivity index (χ0n) is 14.8. The summed E-state index contributed by atoms with van der Waals surface area (Å²) in [6.45, 7) is 0. The first kappa shape index (κ1) is 17.5. The normalized spacial score (nSPS) is 18.5. The van der Waals surface area contributed by atoms with Crippen molar-refractivity contribution in [1.82, 2.24) is 14.8 Å². The first-order valence-electron chi connectivity index (χ1n) is 9.11. The number of carbonyl (C=O) groups is 1. The second kappa shape index (κ2) is 6.76. The van der Waals surface area contributed by atoms with Gasteiger partial charge in [0, 0.05) is 33.3 Å². The van der Waals surface area contributed by atoms with Crippen molar-refractivity contribution in [2.75, 3.05) is 5.32 Å². The zero-order chi connectivity index (χ0) is 19.3. The summed E-state index contributed by atoms with van der Waals surface area (Å²) in [5.41, 5.74) is 3.54. The number of nitrogens with zero attached hydrogens (tertiary/aromatic N) is 3. The summed E-state index contributed by atoms with van der Waals surface area (Å²) < 4.78 is 1.80. The fraction of sp³-hybridized carbons (Fsp3) is 0.190. The van der Waals surface area contributed by atoms with E-state index in [2.05, 4.69) is 10.3 Å². The third-order valence-electron chi connectivity index (χ3n) is 5.16. The Balaban J connectivity index is 1.66. The van der Waals surface area contributed by atoms with Gasteiger partial charge in [-0.2, -0.15) is 4.98 Å². The highest BCUT2D eigenvalue weighted by Crippen LogP contribution is 2.40. The van der Waals surface area contributed by atoms with Crippen molar-refractivity contribution < 1.29 is 4.79 Å². The van der Waals surface area contributed by atoms with E-state index in [0.29, 0.717) is 28.2 Å². The van der Waals surface area contributed by atoms with Gasteiger partial charge in [-0.1, -0.05) is 35.3 Å². The van der Waals surface area contributed by atoms with Gasteiger partial charge in [0.05, 0.1) is 0 Å². The number of Topliss-reactive ketones (excluding diaryl/α,β-unsaturated/α-hetero) is 1. The molecule has 1 aliphatic heterocycles. The Hall–Kier alpha value is -2.63. The number of hydrogen-bond donors (Lipinski definition) is 1. The van der Waals surface area contributed by atoms with E-state index in [1.807, 2.05) is 48.5 Å². The van der Waals surface area contributed by atoms with Gasteiger partial charge in [-0.05, 0) is 54.8 Å². The number of aromatic nitrogens is 3. The smallest absolute Gasteiger partial charge is 0.226 e. The minimum Gasteiger partial charge on any atom is -0.328 e. The molecule has 1 aliphatic carbocycles. The molecule has 0 saturated heterocycles. The van der Waals surface area contributed by atoms with Crippen LogP contribution in [0.3, 0.4) is 0 Å². The quantitative estimate of drug-likeness (QED) is 0.624. The van der Waals surface area contributed by atoms with Crippen molar-refractivity contribution in [3.8, 4) is 11.4 Å². The molecule has 1 unspecified atom stereocenters. The third kappa shape index (κ3) is 2.91. The Kier molecular flexibility index (Phi) is 4.22. The predicted molar refractivity (Wildman–Crippen MR) is 110 cm³/mol. The van der Waals surface area contributed by atoms with Crippen LogP contribution in [0.15, 0.2) is 59.8 Å². The number of anilines is 1. The molecule has 0 bridgehead atoms. The van der Waals surface area contributed by atoms with Crippen LogP contribution >= 0.6 is 23.2 Å². The summed E-state index contributed by atoms with van der Waals surface area (Å²) in [5, 5.41) is 9.39. The van der Waals surface area contributed by atoms with Crippen LogP contribution in [0.4, 0.5) is 5.95 Å². The van der Waals surface area contributed by atoms with E-state index >= 15 is 0 Å². The van der Waals surface area contributed by atoms with Gasteiger partial charge in [0.15, 0.2) is 11.6 Å². The molecule has 1 N–H and O–H groups in total. The molecule has 0 radical (unpaired) electrons. The monoisotopic (exact) mass is 410 g/mol. The molecule has 0 saturated carbocycles. The molecular weight excluding hydrogens is 395 g/mol. The van der Waals surface area contributed by atoms with E-state index in [-0.39, 0.29) is 11.8 Å². The minimum absolute atomic E-state index is 0.155. The number of fused-ring (bicyclic) bond motifs is 1. The van der Waals surface area contributed by atoms with Crippen molar-refractivity contribution in [3.05, 3.63) is 75.4 Å². The molecule has 0 fully saturated rings. The molecule has 1 aromatic heterocycles. The molecule has 28 heavy (non-hydrogen) atoms. The fourth-order valence-electron chi connectivity index (χ4n) is 3.83. The molecule has 2 aromatic carbocycles. The summed E-state index contributed by atoms with van der Waals surface area (Å²) in [4.78, 5) is 17.5. The van der Waals surface area contributed by atoms with E-state index < -0.39 is 0 Å². The Morgan fingerprint density at radius 3 is 2.36 bits per heavy atom. The van der Waals surface area contributed by atoms with E-state index in [0.717, 1.165) is 35.2 Å². The molecule has 3 aromatic rings. The van der Waals surface area contributed by atoms with Gasteiger partial charge in [-0.3, -0.25) is 4.79 Å². The van der Waals surface area contributed by atoms with Gasteiger partial charge in [-0.25, -0.2) is 4.68 Å². The van der Waals surface area contributed by atoms with Gasteiger partial charge in [0.1, 0.15) is 6.04 Å². The number of ketones is 1. The second-order valence-electron chi connectivity index (χ2n) is 6.96. The zero-order valence-corrected chi connectivity index (χ0v) is 16.3. The van der Waals surface area contributed by atoms with Crippen LogP contribution in [0.25, 0.3) is 11.4 Å². The largest absolute Gasteiger partial charge is 0.328 e. The standard InChI is InChI=1S/C21H16Cl2N4O/c22-14-8-4-12(5-9-14)19-18-16(2-1-3-17(18)28)24-21-25-20(26-27(19)21)13-6-10-15(23)11-7-13/h4-11,19H,1-3H2,(H,24,25,26). The maximum atomic E-state index is 12.8. The number of nitrogens with one attached hydrogen (secondary N) is 1. The molecule has 7 heteroatoms. The topological polar surface area (TPSA) is 59.8 Å². The van der Waals surface area contributed by atoms with Crippen molar-refractivity contribution in [3.63, 3.8) is 0 Å². The molecule has 0 spiro atoms. The Bertz CT molecular complexity index is 1100. The van der Waals surface area contributed by atoms with E-state index in [9.17, 15) is 4.79 Å². The van der Waals surface area contributed by atoms with E-state index in [1.165, 1.54) is 0 Å². The molecule has 2 heterocycles. The first-order valence-corrected chi connectivity index (χ1v) is 9.87. The molecule has 1 atom stereocenters. The van der Waals surface area contributed by atoms with Crippen molar-refractivity contribution in [1.29, 1.82) is 0 Å². The van der Waals surface area contributed by atoms with Crippen LogP contribution in [0.1, 0.15) is 30.9 Å². The average molecular weight is 411 g/mol. The number of hydrogen-bond acceptors (Lipinski definition) is 4. The molecular formula is C21H16Cl2N4O. The van der Waals surface area contributed by atoms with Crippen molar-refractivity contribution >= 4 is 34.9 Å². The van der Waals surface area contributed by atoms with Crippen molar-refractivity contribution in [2.45, 2.75) is 25.3 Å². The van der Waals surface area contributed by atoms with E-state index in [4.69, 9.17) is 28.3 Å². The Morgan fingerprint density at radius 1 is 0.964 bits per heavy atom. The van der Waals surface area contributed by atoms with Crippen LogP contribution in [0.2, 0.25) is 10.0 Å². The molecule has 5 nitrogen and oxygen atoms in total. The lowest BCUT2D eigenvalue weighted by molar-refractivity contribution is -0.116. The number of halogens is 2. The van der Waals surface area contributed by atoms with Crippen LogP contribution in [-0.4, -0.2) is 20.5 Å². The number of benzene rings is 2. The summed E-state index contributed by atoms with van der Waals surface area (Å²) >= 11 is 12.1. The lowest BCUT2D eigenvalue weighted by Gasteiger charge is -2.32. The highest BCUT2D eigenvalue weighted by atomic mass is 35.5. The maximum absolute atomic E-state index is 12.8. The summed E-state index contributed by atoms with van der Waals surface area (Å²) in [6, 6.07) is 14.6. The SMILES string of the molecule is O=C1CCCC2=C1C(c1ccc(Cl)cc1)n1nc(-c3ccc(Cl)cc3)nc1N2. The first-order chi connectivity index (χ1) is 13.6. The lowest BCUT2D eigenvalue weighted by Crippen LogP contribution is -2.31. The van der Waals surface area contributed by atoms with Gasteiger partial charge in [0.25, 0.3) is 0 Å². The Labute approximate surface area is 172 Å². The van der Waals surface area contributed by atoms with Crippen LogP contribution in [0, 0.1) is 0 Å². The fourth-order valence-corrected chi connectivity index (χ4v) is 4.08. The molecule has 140 valence electrons. The minimum atomic E-state index is -0.315. The van der Waals surface area contributed by atoms with Crippen molar-refractivity contribution in [2.24, 2.45) is 0 Å². The summed E-state index contributed by atoms with van der Waals surface area (Å²) in [5.74, 6) is 1.38. The van der Waals surface area contributed by atoms with Crippen LogP contribution in [0.5, 0.6) is 0 Å². The number of rotatable bonds is 2. The third-order valence-corrected chi connectivity index (χ3v) is 5.66. The number of allylic oxidation sites excluding steroid dienone is 2. The predicted octanol–water partition coefficient (Wildman–Crippen LogP) is 5.27. The molecule has 2 aliphatic rings. The van der Waals surface area contributed by atoms with Gasteiger partial charge in [-0.15, -0.1) is 5.10 Å². The van der Waals surface area contributed by atoms with Gasteiger partial charge in [0.2, 0.25) is 5.95 Å². The summed E-state index contributed by atoms with van der Waals surface area (Å²) in [6.07, 6.45) is 2.23. The highest BCUT2D eigenvalue weighted by Gasteiger charge is 2.36. The van der Waals surface area contributed by atoms with Gasteiger partial charge >= 0.3 is 0 Å². The summed E-state index contributed by atoms with van der Waals surface area (Å²) in [7, 11) is 0. The maximum Gasteiger partial charge on any atom is 0.226 e. The Morgan fingerprint density at radius 2 is 1.64 bits per heavy atom.